The molecule has 3 rings (SSSR count). The molecular formula is C21H26N2O2S. The molecule has 1 fully saturated rings. The van der Waals surface area contributed by atoms with E-state index >= 15 is 0 Å². The number of rotatable bonds is 6. The van der Waals surface area contributed by atoms with Crippen LogP contribution >= 0.6 is 11.8 Å². The van der Waals surface area contributed by atoms with E-state index in [1.165, 1.54) is 4.90 Å². The first kappa shape index (κ1) is 18.8. The zero-order valence-electron chi connectivity index (χ0n) is 15.2. The van der Waals surface area contributed by atoms with Gasteiger partial charge in [-0.1, -0.05) is 30.3 Å². The number of amides is 1. The van der Waals surface area contributed by atoms with Crippen LogP contribution in [0.5, 0.6) is 5.75 Å². The first-order chi connectivity index (χ1) is 12.6. The van der Waals surface area contributed by atoms with E-state index in [2.05, 4.69) is 36.1 Å². The molecule has 1 amide bonds. The monoisotopic (exact) mass is 370 g/mol. The molecule has 0 radical (unpaired) electrons. The fraction of sp³-hybridized carbons (Fsp3) is 0.381. The van der Waals surface area contributed by atoms with Crippen molar-refractivity contribution in [2.45, 2.75) is 24.3 Å². The van der Waals surface area contributed by atoms with Crippen LogP contribution < -0.4 is 0 Å². The highest BCUT2D eigenvalue weighted by Crippen LogP contribution is 2.22. The van der Waals surface area contributed by atoms with Gasteiger partial charge in [0.25, 0.3) is 5.91 Å². The van der Waals surface area contributed by atoms with Crippen molar-refractivity contribution in [2.24, 2.45) is 0 Å². The molecule has 0 aromatic heterocycles. The summed E-state index contributed by atoms with van der Waals surface area (Å²) in [6.45, 7) is 5.46. The van der Waals surface area contributed by atoms with E-state index in [-0.39, 0.29) is 11.7 Å². The maximum absolute atomic E-state index is 12.6. The number of hydrogen-bond acceptors (Lipinski definition) is 4. The quantitative estimate of drug-likeness (QED) is 0.787. The molecule has 1 heterocycles. The second-order valence-electron chi connectivity index (χ2n) is 6.64. The van der Waals surface area contributed by atoms with Crippen molar-refractivity contribution in [3.05, 3.63) is 60.2 Å². The lowest BCUT2D eigenvalue weighted by atomic mass is 10.1. The second-order valence-corrected chi connectivity index (χ2v) is 7.81. The minimum atomic E-state index is -0.0740. The Morgan fingerprint density at radius 1 is 1.04 bits per heavy atom. The predicted molar refractivity (Wildman–Crippen MR) is 107 cm³/mol. The number of hydrogen-bond donors (Lipinski definition) is 1. The molecule has 4 nitrogen and oxygen atoms in total. The van der Waals surface area contributed by atoms with Gasteiger partial charge in [0, 0.05) is 37.1 Å². The highest BCUT2D eigenvalue weighted by molar-refractivity contribution is 7.99. The average molecular weight is 371 g/mol. The summed E-state index contributed by atoms with van der Waals surface area (Å²) in [6, 6.07) is 17.8. The molecule has 1 N–H and O–H groups in total. The van der Waals surface area contributed by atoms with Crippen molar-refractivity contribution in [3.63, 3.8) is 0 Å². The number of phenolic OH excluding ortho intramolecular Hbond substituents is 1. The van der Waals surface area contributed by atoms with Gasteiger partial charge in [-0.2, -0.15) is 0 Å². The maximum Gasteiger partial charge on any atom is 0.257 e. The molecule has 26 heavy (non-hydrogen) atoms. The van der Waals surface area contributed by atoms with Crippen molar-refractivity contribution >= 4 is 17.7 Å². The highest BCUT2D eigenvalue weighted by Gasteiger charge is 2.25. The number of carbonyl (C=O) groups excluding carboxylic acids is 1. The van der Waals surface area contributed by atoms with Crippen LogP contribution in [-0.4, -0.2) is 58.8 Å². The van der Waals surface area contributed by atoms with Crippen molar-refractivity contribution < 1.29 is 9.90 Å². The Bertz CT molecular complexity index is 715. The molecule has 5 heteroatoms. The number of carbonyl (C=O) groups is 1. The molecule has 1 unspecified atom stereocenters. The van der Waals surface area contributed by atoms with E-state index in [1.54, 1.807) is 24.3 Å². The SMILES string of the molecule is CC(CCSc1ccccc1)N1CCN(C(=O)c2ccccc2O)CC1. The lowest BCUT2D eigenvalue weighted by Crippen LogP contribution is -2.51. The van der Waals surface area contributed by atoms with Gasteiger partial charge in [0.05, 0.1) is 5.56 Å². The predicted octanol–water partition coefficient (Wildman–Crippen LogP) is 3.72. The third kappa shape index (κ3) is 4.80. The summed E-state index contributed by atoms with van der Waals surface area (Å²) in [5.41, 5.74) is 0.397. The standard InChI is InChI=1S/C21H26N2O2S/c1-17(11-16-26-18-7-3-2-4-8-18)22-12-14-23(15-13-22)21(25)19-9-5-6-10-20(19)24/h2-10,17,24H,11-16H2,1H3. The number of thioether (sulfide) groups is 1. The fourth-order valence-electron chi connectivity index (χ4n) is 3.24. The summed E-state index contributed by atoms with van der Waals surface area (Å²) in [7, 11) is 0. The van der Waals surface area contributed by atoms with Gasteiger partial charge in [-0.3, -0.25) is 9.69 Å². The first-order valence-corrected chi connectivity index (χ1v) is 10.1. The largest absolute Gasteiger partial charge is 0.507 e. The topological polar surface area (TPSA) is 43.8 Å². The van der Waals surface area contributed by atoms with Gasteiger partial charge >= 0.3 is 0 Å². The Morgan fingerprint density at radius 3 is 2.38 bits per heavy atom. The van der Waals surface area contributed by atoms with Crippen molar-refractivity contribution in [1.29, 1.82) is 0 Å². The van der Waals surface area contributed by atoms with Gasteiger partial charge in [0.15, 0.2) is 0 Å². The molecule has 0 spiro atoms. The number of piperazine rings is 1. The molecular weight excluding hydrogens is 344 g/mol. The molecule has 1 atom stereocenters. The average Bonchev–Trinajstić information content (AvgIpc) is 2.69. The maximum atomic E-state index is 12.6. The van der Waals surface area contributed by atoms with Crippen molar-refractivity contribution in [3.8, 4) is 5.75 Å². The molecule has 138 valence electrons. The lowest BCUT2D eigenvalue weighted by Gasteiger charge is -2.38. The zero-order chi connectivity index (χ0) is 18.4. The molecule has 0 aliphatic carbocycles. The first-order valence-electron chi connectivity index (χ1n) is 9.14. The van der Waals surface area contributed by atoms with E-state index in [4.69, 9.17) is 0 Å². The Morgan fingerprint density at radius 2 is 1.69 bits per heavy atom. The van der Waals surface area contributed by atoms with Crippen LogP contribution in [0.15, 0.2) is 59.5 Å². The Labute approximate surface area is 159 Å². The third-order valence-corrected chi connectivity index (χ3v) is 5.95. The molecule has 2 aromatic carbocycles. The van der Waals surface area contributed by atoms with Gasteiger partial charge in [0.2, 0.25) is 0 Å². The van der Waals surface area contributed by atoms with E-state index in [0.717, 1.165) is 25.3 Å². The van der Waals surface area contributed by atoms with Gasteiger partial charge in [-0.15, -0.1) is 11.8 Å². The van der Waals surface area contributed by atoms with Gasteiger partial charge in [0.1, 0.15) is 5.75 Å². The van der Waals surface area contributed by atoms with Crippen LogP contribution in [0.1, 0.15) is 23.7 Å². The Kier molecular flexibility index (Phi) is 6.58. The van der Waals surface area contributed by atoms with E-state index in [9.17, 15) is 9.90 Å². The smallest absolute Gasteiger partial charge is 0.257 e. The third-order valence-electron chi connectivity index (χ3n) is 4.91. The van der Waals surface area contributed by atoms with E-state index in [0.29, 0.717) is 24.7 Å². The van der Waals surface area contributed by atoms with Gasteiger partial charge in [-0.25, -0.2) is 0 Å². The normalized spacial score (nSPS) is 16.4. The summed E-state index contributed by atoms with van der Waals surface area (Å²) in [4.78, 5) is 18.2. The summed E-state index contributed by atoms with van der Waals surface area (Å²) in [5, 5.41) is 9.88. The number of aromatic hydroxyl groups is 1. The number of para-hydroxylation sites is 1. The van der Waals surface area contributed by atoms with Crippen molar-refractivity contribution in [1.82, 2.24) is 9.80 Å². The number of benzene rings is 2. The Balaban J connectivity index is 1.44. The van der Waals surface area contributed by atoms with Gasteiger partial charge in [-0.05, 0) is 43.4 Å². The summed E-state index contributed by atoms with van der Waals surface area (Å²) < 4.78 is 0. The zero-order valence-corrected chi connectivity index (χ0v) is 16.0. The minimum Gasteiger partial charge on any atom is -0.507 e. The van der Waals surface area contributed by atoms with Crippen LogP contribution in [0.2, 0.25) is 0 Å². The number of phenols is 1. The summed E-state index contributed by atoms with van der Waals surface area (Å²) in [6.07, 6.45) is 1.13. The molecule has 1 aliphatic heterocycles. The fourth-order valence-corrected chi connectivity index (χ4v) is 4.28. The molecule has 0 bridgehead atoms. The van der Waals surface area contributed by atoms with E-state index in [1.807, 2.05) is 22.7 Å². The number of nitrogens with zero attached hydrogens (tertiary/aromatic N) is 2. The van der Waals surface area contributed by atoms with Crippen LogP contribution in [0.25, 0.3) is 0 Å². The molecule has 0 saturated carbocycles. The van der Waals surface area contributed by atoms with E-state index < -0.39 is 0 Å². The highest BCUT2D eigenvalue weighted by atomic mass is 32.2. The Hall–Kier alpha value is -1.98. The van der Waals surface area contributed by atoms with Crippen LogP contribution in [0.3, 0.4) is 0 Å². The van der Waals surface area contributed by atoms with Crippen LogP contribution in [0, 0.1) is 0 Å². The van der Waals surface area contributed by atoms with Crippen molar-refractivity contribution in [2.75, 3.05) is 31.9 Å². The summed E-state index contributed by atoms with van der Waals surface area (Å²) in [5.74, 6) is 1.09. The molecule has 1 saturated heterocycles. The molecule has 2 aromatic rings. The van der Waals surface area contributed by atoms with Crippen LogP contribution in [0.4, 0.5) is 0 Å². The van der Waals surface area contributed by atoms with Crippen LogP contribution in [-0.2, 0) is 0 Å². The molecule has 1 aliphatic rings. The second kappa shape index (κ2) is 9.10. The summed E-state index contributed by atoms with van der Waals surface area (Å²) >= 11 is 1.90. The van der Waals surface area contributed by atoms with Gasteiger partial charge < -0.3 is 10.0 Å². The lowest BCUT2D eigenvalue weighted by molar-refractivity contribution is 0.0578. The minimum absolute atomic E-state index is 0.0613.